The third-order valence-electron chi connectivity index (χ3n) is 4.50. The number of rotatable bonds is 4. The van der Waals surface area contributed by atoms with E-state index in [1.54, 1.807) is 24.3 Å². The molecule has 1 aliphatic rings. The minimum atomic E-state index is -3.63. The van der Waals surface area contributed by atoms with Crippen molar-refractivity contribution in [1.29, 1.82) is 5.26 Å². The number of nitriles is 1. The molecule has 0 saturated carbocycles. The molecule has 0 amide bonds. The van der Waals surface area contributed by atoms with Gasteiger partial charge in [-0.25, -0.2) is 8.42 Å². The van der Waals surface area contributed by atoms with Gasteiger partial charge in [0.05, 0.1) is 21.4 Å². The van der Waals surface area contributed by atoms with Gasteiger partial charge in [-0.15, -0.1) is 0 Å². The highest BCUT2D eigenvalue weighted by molar-refractivity contribution is 7.91. The molecule has 6 heteroatoms. The van der Waals surface area contributed by atoms with E-state index in [2.05, 4.69) is 5.23 Å². The fourth-order valence-electron chi connectivity index (χ4n) is 3.28. The number of benzene rings is 2. The molecule has 2 radical (unpaired) electrons. The van der Waals surface area contributed by atoms with E-state index in [9.17, 15) is 8.42 Å². The van der Waals surface area contributed by atoms with Crippen LogP contribution in [0.2, 0.25) is 0 Å². The van der Waals surface area contributed by atoms with E-state index in [1.165, 1.54) is 17.7 Å². The van der Waals surface area contributed by atoms with Crippen molar-refractivity contribution in [2.24, 2.45) is 0 Å². The third-order valence-corrected chi connectivity index (χ3v) is 6.25. The summed E-state index contributed by atoms with van der Waals surface area (Å²) in [6.45, 7) is 0.684. The number of nitrogens with one attached hydrogen (secondary N) is 1. The van der Waals surface area contributed by atoms with Gasteiger partial charge in [0.1, 0.15) is 0 Å². The Bertz CT molecular complexity index is 903. The SMILES string of the molecule is [B]NC[C@@H]1CCCc2cc(S(=O)(=O)c3cccc(C#N)c3)ccc21. The lowest BCUT2D eigenvalue weighted by Gasteiger charge is -2.26. The summed E-state index contributed by atoms with van der Waals surface area (Å²) in [4.78, 5) is 0.426. The van der Waals surface area contributed by atoms with Crippen molar-refractivity contribution in [3.63, 3.8) is 0 Å². The first kappa shape index (κ1) is 16.8. The van der Waals surface area contributed by atoms with Gasteiger partial charge >= 0.3 is 0 Å². The van der Waals surface area contributed by atoms with Crippen LogP contribution < -0.4 is 5.23 Å². The van der Waals surface area contributed by atoms with Crippen molar-refractivity contribution in [1.82, 2.24) is 5.23 Å². The largest absolute Gasteiger partial charge is 0.366 e. The smallest absolute Gasteiger partial charge is 0.206 e. The number of nitrogens with zero attached hydrogens (tertiary/aromatic N) is 1. The molecule has 0 aromatic heterocycles. The van der Waals surface area contributed by atoms with Crippen LogP contribution in [-0.4, -0.2) is 22.9 Å². The number of fused-ring (bicyclic) bond motifs is 1. The molecule has 0 aliphatic heterocycles. The van der Waals surface area contributed by atoms with Crippen molar-refractivity contribution in [3.8, 4) is 6.07 Å². The van der Waals surface area contributed by atoms with Crippen LogP contribution in [0.4, 0.5) is 0 Å². The quantitative estimate of drug-likeness (QED) is 0.871. The molecule has 3 rings (SSSR count). The standard InChI is InChI=1S/C18H17BN2O2S/c19-21-12-15-5-2-4-14-10-17(7-8-18(14)15)24(22,23)16-6-1-3-13(9-16)11-20/h1,3,6-10,15,21H,2,4-5,12H2/t15-/m0/s1. The molecule has 0 spiro atoms. The molecular weight excluding hydrogens is 319 g/mol. The van der Waals surface area contributed by atoms with Crippen LogP contribution in [0.3, 0.4) is 0 Å². The molecule has 120 valence electrons. The molecule has 0 heterocycles. The normalized spacial score (nSPS) is 17.0. The van der Waals surface area contributed by atoms with Crippen LogP contribution in [0.1, 0.15) is 35.4 Å². The summed E-state index contributed by atoms with van der Waals surface area (Å²) in [5.41, 5.74) is 2.58. The van der Waals surface area contributed by atoms with Gasteiger partial charge in [0.2, 0.25) is 9.84 Å². The Morgan fingerprint density at radius 3 is 2.75 bits per heavy atom. The number of aryl methyl sites for hydroxylation is 1. The average molecular weight is 336 g/mol. The van der Waals surface area contributed by atoms with E-state index in [4.69, 9.17) is 13.2 Å². The molecule has 24 heavy (non-hydrogen) atoms. The van der Waals surface area contributed by atoms with Crippen LogP contribution in [0.25, 0.3) is 0 Å². The van der Waals surface area contributed by atoms with Gasteiger partial charge in [0.25, 0.3) is 0 Å². The Hall–Kier alpha value is -2.10. The highest BCUT2D eigenvalue weighted by atomic mass is 32.2. The number of sulfone groups is 1. The summed E-state index contributed by atoms with van der Waals surface area (Å²) in [6.07, 6.45) is 2.94. The lowest BCUT2D eigenvalue weighted by Crippen LogP contribution is -2.22. The fourth-order valence-corrected chi connectivity index (χ4v) is 4.64. The van der Waals surface area contributed by atoms with Crippen molar-refractivity contribution in [3.05, 3.63) is 59.2 Å². The van der Waals surface area contributed by atoms with Crippen molar-refractivity contribution in [2.45, 2.75) is 35.0 Å². The summed E-state index contributed by atoms with van der Waals surface area (Å²) in [5.74, 6) is 0.317. The zero-order chi connectivity index (χ0) is 17.2. The lowest BCUT2D eigenvalue weighted by atomic mass is 9.82. The second-order valence-corrected chi connectivity index (χ2v) is 7.95. The van der Waals surface area contributed by atoms with Crippen molar-refractivity contribution < 1.29 is 8.42 Å². The molecule has 1 aliphatic carbocycles. The monoisotopic (exact) mass is 336 g/mol. The Balaban J connectivity index is 2.02. The highest BCUT2D eigenvalue weighted by Crippen LogP contribution is 2.33. The maximum Gasteiger partial charge on any atom is 0.206 e. The molecule has 0 saturated heterocycles. The zero-order valence-electron chi connectivity index (χ0n) is 13.2. The summed E-state index contributed by atoms with van der Waals surface area (Å²) in [5, 5.41) is 11.7. The van der Waals surface area contributed by atoms with Gasteiger partial charge in [-0.05, 0) is 73.2 Å². The second-order valence-electron chi connectivity index (χ2n) is 6.00. The van der Waals surface area contributed by atoms with Crippen LogP contribution in [-0.2, 0) is 16.3 Å². The van der Waals surface area contributed by atoms with Crippen molar-refractivity contribution in [2.75, 3.05) is 6.54 Å². The average Bonchev–Trinajstić information content (AvgIpc) is 2.62. The van der Waals surface area contributed by atoms with E-state index in [0.717, 1.165) is 24.8 Å². The molecule has 0 fully saturated rings. The predicted octanol–water partition coefficient (Wildman–Crippen LogP) is 2.48. The minimum Gasteiger partial charge on any atom is -0.366 e. The van der Waals surface area contributed by atoms with Crippen LogP contribution in [0, 0.1) is 11.3 Å². The Morgan fingerprint density at radius 1 is 1.21 bits per heavy atom. The first-order valence-electron chi connectivity index (χ1n) is 7.88. The summed E-state index contributed by atoms with van der Waals surface area (Å²) < 4.78 is 25.7. The van der Waals surface area contributed by atoms with Gasteiger partial charge in [0.15, 0.2) is 7.98 Å². The molecule has 0 bridgehead atoms. The van der Waals surface area contributed by atoms with E-state index < -0.39 is 9.84 Å². The number of hydrogen-bond acceptors (Lipinski definition) is 4. The number of hydrogen-bond donors (Lipinski definition) is 1. The predicted molar refractivity (Wildman–Crippen MR) is 92.5 cm³/mol. The molecule has 2 aromatic carbocycles. The van der Waals surface area contributed by atoms with Crippen LogP contribution >= 0.6 is 0 Å². The maximum atomic E-state index is 12.9. The first-order chi connectivity index (χ1) is 11.6. The van der Waals surface area contributed by atoms with E-state index in [0.29, 0.717) is 18.0 Å². The van der Waals surface area contributed by atoms with E-state index in [-0.39, 0.29) is 9.79 Å². The lowest BCUT2D eigenvalue weighted by molar-refractivity contribution is 0.546. The Kier molecular flexibility index (Phi) is 4.75. The third kappa shape index (κ3) is 3.10. The van der Waals surface area contributed by atoms with Gasteiger partial charge < -0.3 is 5.23 Å². The molecule has 1 N–H and O–H groups in total. The molecule has 0 unspecified atom stereocenters. The topological polar surface area (TPSA) is 70.0 Å². The van der Waals surface area contributed by atoms with E-state index >= 15 is 0 Å². The van der Waals surface area contributed by atoms with Gasteiger partial charge in [-0.2, -0.15) is 5.26 Å². The highest BCUT2D eigenvalue weighted by Gasteiger charge is 2.24. The van der Waals surface area contributed by atoms with Gasteiger partial charge in [-0.1, -0.05) is 12.1 Å². The molecular formula is C18H17BN2O2S. The maximum absolute atomic E-state index is 12.9. The van der Waals surface area contributed by atoms with Crippen LogP contribution in [0.5, 0.6) is 0 Å². The summed E-state index contributed by atoms with van der Waals surface area (Å²) >= 11 is 0. The molecule has 2 aromatic rings. The minimum absolute atomic E-state index is 0.150. The zero-order valence-corrected chi connectivity index (χ0v) is 14.0. The van der Waals surface area contributed by atoms with E-state index in [1.807, 2.05) is 12.1 Å². The second kappa shape index (κ2) is 6.80. The molecule has 4 nitrogen and oxygen atoms in total. The Morgan fingerprint density at radius 2 is 2.00 bits per heavy atom. The van der Waals surface area contributed by atoms with Crippen molar-refractivity contribution >= 4 is 17.8 Å². The van der Waals surface area contributed by atoms with Gasteiger partial charge in [0, 0.05) is 0 Å². The molecule has 1 atom stereocenters. The first-order valence-corrected chi connectivity index (χ1v) is 9.36. The van der Waals surface area contributed by atoms with Gasteiger partial charge in [-0.3, -0.25) is 0 Å². The summed E-state index contributed by atoms with van der Waals surface area (Å²) in [6, 6.07) is 13.4. The van der Waals surface area contributed by atoms with Crippen LogP contribution in [0.15, 0.2) is 52.3 Å². The summed E-state index contributed by atoms with van der Waals surface area (Å²) in [7, 11) is 1.82. The fraction of sp³-hybridized carbons (Fsp3) is 0.278. The Labute approximate surface area is 143 Å².